The van der Waals surface area contributed by atoms with Crippen molar-refractivity contribution in [3.05, 3.63) is 0 Å². The van der Waals surface area contributed by atoms with Crippen LogP contribution in [0.2, 0.25) is 0 Å². The maximum atomic E-state index is 13.1. The first-order valence-electron chi connectivity index (χ1n) is 43.0. The van der Waals surface area contributed by atoms with Crippen molar-refractivity contribution in [2.75, 3.05) is 39.6 Å². The number of esters is 4. The molecule has 0 aromatic carbocycles. The smallest absolute Gasteiger partial charge is 0.462 e. The van der Waals surface area contributed by atoms with E-state index in [1.807, 2.05) is 0 Å². The highest BCUT2D eigenvalue weighted by Gasteiger charge is 2.30. The lowest BCUT2D eigenvalue weighted by Gasteiger charge is -2.21. The van der Waals surface area contributed by atoms with E-state index in [2.05, 4.69) is 41.5 Å². The van der Waals surface area contributed by atoms with Crippen molar-refractivity contribution >= 4 is 39.5 Å². The number of aliphatic hydroxyl groups is 1. The Hall–Kier alpha value is -1.94. The first-order valence-corrected chi connectivity index (χ1v) is 46.0. The van der Waals surface area contributed by atoms with Crippen LogP contribution in [0.1, 0.15) is 440 Å². The lowest BCUT2D eigenvalue weighted by atomic mass is 10.0. The van der Waals surface area contributed by atoms with E-state index in [0.29, 0.717) is 25.7 Å². The third-order valence-corrected chi connectivity index (χ3v) is 21.4. The van der Waals surface area contributed by atoms with Crippen molar-refractivity contribution in [1.29, 1.82) is 0 Å². The molecule has 0 amide bonds. The van der Waals surface area contributed by atoms with E-state index in [-0.39, 0.29) is 25.7 Å². The summed E-state index contributed by atoms with van der Waals surface area (Å²) in [5.41, 5.74) is 0. The highest BCUT2D eigenvalue weighted by atomic mass is 31.2. The van der Waals surface area contributed by atoms with E-state index >= 15 is 0 Å². The molecule has 19 heteroatoms. The second-order valence-corrected chi connectivity index (χ2v) is 33.7. The minimum atomic E-state index is -4.96. The molecule has 3 N–H and O–H groups in total. The summed E-state index contributed by atoms with van der Waals surface area (Å²) in [4.78, 5) is 73.2. The van der Waals surface area contributed by atoms with Crippen LogP contribution in [0.5, 0.6) is 0 Å². The van der Waals surface area contributed by atoms with Gasteiger partial charge in [0, 0.05) is 25.7 Å². The van der Waals surface area contributed by atoms with Crippen molar-refractivity contribution in [2.45, 2.75) is 458 Å². The predicted octanol–water partition coefficient (Wildman–Crippen LogP) is 25.1. The Labute approximate surface area is 626 Å². The summed E-state index contributed by atoms with van der Waals surface area (Å²) >= 11 is 0. The molecule has 0 aliphatic heterocycles. The Morgan fingerprint density at radius 2 is 0.451 bits per heavy atom. The van der Waals surface area contributed by atoms with Gasteiger partial charge >= 0.3 is 39.5 Å². The zero-order valence-electron chi connectivity index (χ0n) is 66.9. The van der Waals surface area contributed by atoms with Gasteiger partial charge in [0.25, 0.3) is 0 Å². The summed E-state index contributed by atoms with van der Waals surface area (Å²) in [5, 5.41) is 10.7. The minimum absolute atomic E-state index is 0.108. The molecular formula is C83H162O17P2. The van der Waals surface area contributed by atoms with Crippen molar-refractivity contribution < 1.29 is 80.2 Å². The number of ether oxygens (including phenoxy) is 4. The summed E-state index contributed by atoms with van der Waals surface area (Å²) in [7, 11) is -9.92. The van der Waals surface area contributed by atoms with E-state index in [0.717, 1.165) is 102 Å². The Bertz CT molecular complexity index is 1960. The fourth-order valence-electron chi connectivity index (χ4n) is 12.9. The first kappa shape index (κ1) is 100. The highest BCUT2D eigenvalue weighted by Crippen LogP contribution is 2.45. The average molecular weight is 1490 g/mol. The van der Waals surface area contributed by atoms with Crippen LogP contribution in [0.15, 0.2) is 0 Å². The second-order valence-electron chi connectivity index (χ2n) is 30.8. The third-order valence-electron chi connectivity index (χ3n) is 19.5. The number of unbranched alkanes of at least 4 members (excludes halogenated alkanes) is 52. The van der Waals surface area contributed by atoms with E-state index in [1.54, 1.807) is 0 Å². The maximum absolute atomic E-state index is 13.1. The number of carbonyl (C=O) groups is 4. The zero-order valence-corrected chi connectivity index (χ0v) is 68.7. The van der Waals surface area contributed by atoms with Gasteiger partial charge in [0.2, 0.25) is 0 Å². The molecule has 102 heavy (non-hydrogen) atoms. The Morgan fingerprint density at radius 1 is 0.265 bits per heavy atom. The minimum Gasteiger partial charge on any atom is -0.462 e. The van der Waals surface area contributed by atoms with Gasteiger partial charge in [-0.1, -0.05) is 388 Å². The topological polar surface area (TPSA) is 237 Å². The fourth-order valence-corrected chi connectivity index (χ4v) is 14.5. The summed E-state index contributed by atoms with van der Waals surface area (Å²) in [6, 6.07) is 0. The van der Waals surface area contributed by atoms with Crippen molar-refractivity contribution in [3.8, 4) is 0 Å². The lowest BCUT2D eigenvalue weighted by molar-refractivity contribution is -0.161. The van der Waals surface area contributed by atoms with Gasteiger partial charge < -0.3 is 33.8 Å². The van der Waals surface area contributed by atoms with E-state index in [1.165, 1.54) is 257 Å². The Morgan fingerprint density at radius 3 is 0.667 bits per heavy atom. The van der Waals surface area contributed by atoms with Crippen LogP contribution in [0.3, 0.4) is 0 Å². The Kier molecular flexibility index (Phi) is 73.1. The number of phosphoric ester groups is 2. The van der Waals surface area contributed by atoms with Crippen LogP contribution in [-0.2, 0) is 65.4 Å². The van der Waals surface area contributed by atoms with Crippen LogP contribution in [0.4, 0.5) is 0 Å². The summed E-state index contributed by atoms with van der Waals surface area (Å²) in [6.07, 6.45) is 65.0. The van der Waals surface area contributed by atoms with E-state index < -0.39 is 97.5 Å². The molecule has 17 nitrogen and oxygen atoms in total. The van der Waals surface area contributed by atoms with Crippen molar-refractivity contribution in [1.82, 2.24) is 0 Å². The number of carbonyl (C=O) groups excluding carboxylic acids is 4. The number of rotatable bonds is 82. The molecular weight excluding hydrogens is 1330 g/mol. The molecule has 0 aliphatic rings. The summed E-state index contributed by atoms with van der Waals surface area (Å²) < 4.78 is 68.8. The van der Waals surface area contributed by atoms with Crippen LogP contribution in [0, 0.1) is 11.8 Å². The number of hydrogen-bond acceptors (Lipinski definition) is 15. The van der Waals surface area contributed by atoms with Crippen molar-refractivity contribution in [3.63, 3.8) is 0 Å². The molecule has 0 aromatic rings. The van der Waals surface area contributed by atoms with Gasteiger partial charge in [-0.2, -0.15) is 0 Å². The summed E-state index contributed by atoms with van der Waals surface area (Å²) in [5.74, 6) is -0.509. The third kappa shape index (κ3) is 76.3. The monoisotopic (exact) mass is 1490 g/mol. The second kappa shape index (κ2) is 74.5. The molecule has 606 valence electrons. The van der Waals surface area contributed by atoms with Gasteiger partial charge in [0.05, 0.1) is 26.4 Å². The molecule has 0 saturated carbocycles. The molecule has 0 heterocycles. The molecule has 2 unspecified atom stereocenters. The fraction of sp³-hybridized carbons (Fsp3) is 0.952. The van der Waals surface area contributed by atoms with Gasteiger partial charge in [-0.05, 0) is 37.5 Å². The van der Waals surface area contributed by atoms with Gasteiger partial charge in [-0.15, -0.1) is 0 Å². The maximum Gasteiger partial charge on any atom is 0.472 e. The molecule has 0 aliphatic carbocycles. The normalized spacial score (nSPS) is 13.9. The van der Waals surface area contributed by atoms with Crippen LogP contribution in [0.25, 0.3) is 0 Å². The van der Waals surface area contributed by atoms with E-state index in [4.69, 9.17) is 37.0 Å². The highest BCUT2D eigenvalue weighted by molar-refractivity contribution is 7.47. The molecule has 0 bridgehead atoms. The Balaban J connectivity index is 5.26. The average Bonchev–Trinajstić information content (AvgIpc) is 0.928. The quantitative estimate of drug-likeness (QED) is 0.0222. The zero-order chi connectivity index (χ0) is 74.9. The molecule has 0 spiro atoms. The standard InChI is InChI=1S/C83H162O17P2/c1-7-9-11-13-15-17-19-21-22-25-30-37-43-49-55-61-67-82(87)99-78(71-93-80(85)65-59-53-47-41-35-20-18-16-14-12-10-8-2)73-97-101(89,90)95-69-77(84)70-96-102(91,92)98-74-79(72-94-81(86)66-60-54-48-42-36-32-27-29-34-40-46-52-58-64-76(5)6)100-83(88)68-62-56-50-44-38-31-26-23-24-28-33-39-45-51-57-63-75(3)4/h75-79,84H,7-74H2,1-6H3,(H,89,90)(H,91,92)/t77-,78+,79+/m0/s1. The predicted molar refractivity (Wildman–Crippen MR) is 418 cm³/mol. The first-order chi connectivity index (χ1) is 49.4. The molecule has 0 aromatic heterocycles. The molecule has 0 radical (unpaired) electrons. The SMILES string of the molecule is CCCCCCCCCCCCCCCCCCC(=O)O[C@H](COC(=O)CCCCCCCCCCCCCC)COP(=O)(O)OC[C@H](O)COP(=O)(O)OC[C@@H](COC(=O)CCCCCCCCCCCCCCCC(C)C)OC(=O)CCCCCCCCCCCCCCCCCC(C)C. The van der Waals surface area contributed by atoms with Crippen LogP contribution in [-0.4, -0.2) is 96.7 Å². The van der Waals surface area contributed by atoms with Crippen molar-refractivity contribution in [2.24, 2.45) is 11.8 Å². The molecule has 0 saturated heterocycles. The van der Waals surface area contributed by atoms with Gasteiger partial charge in [-0.3, -0.25) is 37.3 Å². The number of phosphoric acid groups is 2. The van der Waals surface area contributed by atoms with Gasteiger partial charge in [-0.25, -0.2) is 9.13 Å². The largest absolute Gasteiger partial charge is 0.472 e. The van der Waals surface area contributed by atoms with E-state index in [9.17, 15) is 43.2 Å². The van der Waals surface area contributed by atoms with Crippen LogP contribution >= 0.6 is 15.6 Å². The number of hydrogen-bond donors (Lipinski definition) is 3. The van der Waals surface area contributed by atoms with Gasteiger partial charge in [0.15, 0.2) is 12.2 Å². The summed E-state index contributed by atoms with van der Waals surface area (Å²) in [6.45, 7) is 9.70. The lowest BCUT2D eigenvalue weighted by Crippen LogP contribution is -2.30. The molecule has 0 fully saturated rings. The van der Waals surface area contributed by atoms with Gasteiger partial charge in [0.1, 0.15) is 19.3 Å². The number of aliphatic hydroxyl groups excluding tert-OH is 1. The molecule has 5 atom stereocenters. The van der Waals surface area contributed by atoms with Crippen LogP contribution < -0.4 is 0 Å². The molecule has 0 rings (SSSR count).